The summed E-state index contributed by atoms with van der Waals surface area (Å²) in [4.78, 5) is 2.45. The summed E-state index contributed by atoms with van der Waals surface area (Å²) in [5.74, 6) is -1.79. The summed E-state index contributed by atoms with van der Waals surface area (Å²) >= 11 is 0. The Balaban J connectivity index is 1.61. The molecule has 0 spiro atoms. The third-order valence-corrected chi connectivity index (χ3v) is 5.82. The van der Waals surface area contributed by atoms with Crippen molar-refractivity contribution < 1.29 is 13.9 Å². The molecule has 2 aliphatic rings. The van der Waals surface area contributed by atoms with Gasteiger partial charge in [0.05, 0.1) is 5.60 Å². The largest absolute Gasteiger partial charge is 0.385 e. The Kier molecular flexibility index (Phi) is 4.34. The molecule has 2 fully saturated rings. The third-order valence-electron chi connectivity index (χ3n) is 5.82. The highest BCUT2D eigenvalue weighted by Crippen LogP contribution is 2.45. The van der Waals surface area contributed by atoms with Crippen molar-refractivity contribution in [1.82, 2.24) is 4.90 Å². The summed E-state index contributed by atoms with van der Waals surface area (Å²) in [5.41, 5.74) is 0.0836. The van der Waals surface area contributed by atoms with Gasteiger partial charge >= 0.3 is 0 Å². The third kappa shape index (κ3) is 3.09. The van der Waals surface area contributed by atoms with Crippen molar-refractivity contribution in [2.24, 2.45) is 0 Å². The quantitative estimate of drug-likeness (QED) is 0.894. The second-order valence-electron chi connectivity index (χ2n) is 7.44. The highest BCUT2D eigenvalue weighted by molar-refractivity contribution is 5.27. The Bertz CT molecular complexity index is 735. The molecule has 2 heterocycles. The fourth-order valence-electron chi connectivity index (χ4n) is 4.66. The van der Waals surface area contributed by atoms with Gasteiger partial charge in [0.2, 0.25) is 0 Å². The van der Waals surface area contributed by atoms with E-state index in [1.165, 1.54) is 17.7 Å². The lowest BCUT2D eigenvalue weighted by Gasteiger charge is -2.52. The maximum Gasteiger partial charge on any atom is 0.164 e. The van der Waals surface area contributed by atoms with Gasteiger partial charge in [-0.15, -0.1) is 0 Å². The average molecular weight is 343 g/mol. The second kappa shape index (κ2) is 6.50. The Morgan fingerprint density at radius 1 is 0.960 bits per heavy atom. The summed E-state index contributed by atoms with van der Waals surface area (Å²) in [7, 11) is 0. The SMILES string of the molecule is OC1(c2cccc(F)c2F)CC2CCCC(C1)N2Cc1ccccc1. The van der Waals surface area contributed by atoms with Gasteiger partial charge in [-0.1, -0.05) is 48.9 Å². The van der Waals surface area contributed by atoms with E-state index >= 15 is 0 Å². The van der Waals surface area contributed by atoms with E-state index in [0.717, 1.165) is 31.9 Å². The van der Waals surface area contributed by atoms with Crippen molar-refractivity contribution in [2.75, 3.05) is 0 Å². The molecule has 2 saturated heterocycles. The number of hydrogen-bond acceptors (Lipinski definition) is 2. The molecule has 2 atom stereocenters. The molecule has 0 amide bonds. The van der Waals surface area contributed by atoms with Crippen LogP contribution in [0.5, 0.6) is 0 Å². The molecule has 2 unspecified atom stereocenters. The van der Waals surface area contributed by atoms with Gasteiger partial charge in [-0.25, -0.2) is 8.78 Å². The minimum Gasteiger partial charge on any atom is -0.385 e. The summed E-state index contributed by atoms with van der Waals surface area (Å²) < 4.78 is 28.0. The van der Waals surface area contributed by atoms with Crippen LogP contribution >= 0.6 is 0 Å². The molecule has 0 saturated carbocycles. The second-order valence-corrected chi connectivity index (χ2v) is 7.44. The van der Waals surface area contributed by atoms with E-state index in [9.17, 15) is 13.9 Å². The summed E-state index contributed by atoms with van der Waals surface area (Å²) in [5, 5.41) is 11.2. The van der Waals surface area contributed by atoms with Crippen LogP contribution in [0.3, 0.4) is 0 Å². The van der Waals surface area contributed by atoms with Crippen molar-refractivity contribution in [3.63, 3.8) is 0 Å². The Morgan fingerprint density at radius 2 is 1.64 bits per heavy atom. The van der Waals surface area contributed by atoms with Gasteiger partial charge < -0.3 is 5.11 Å². The topological polar surface area (TPSA) is 23.5 Å². The van der Waals surface area contributed by atoms with E-state index in [0.29, 0.717) is 12.8 Å². The zero-order valence-corrected chi connectivity index (χ0v) is 14.2. The lowest BCUT2D eigenvalue weighted by atomic mass is 9.72. The van der Waals surface area contributed by atoms with Gasteiger partial charge in [0.1, 0.15) is 0 Å². The van der Waals surface area contributed by atoms with Crippen LogP contribution < -0.4 is 0 Å². The van der Waals surface area contributed by atoms with Crippen LogP contribution in [0.2, 0.25) is 0 Å². The van der Waals surface area contributed by atoms with Crippen LogP contribution in [0.4, 0.5) is 8.78 Å². The first kappa shape index (κ1) is 16.7. The number of hydrogen-bond donors (Lipinski definition) is 1. The molecule has 0 aliphatic carbocycles. The zero-order chi connectivity index (χ0) is 17.4. The molecule has 0 aromatic heterocycles. The number of benzene rings is 2. The molecule has 2 aromatic carbocycles. The molecule has 2 aliphatic heterocycles. The highest BCUT2D eigenvalue weighted by atomic mass is 19.2. The maximum atomic E-state index is 14.3. The minimum absolute atomic E-state index is 0.115. The lowest BCUT2D eigenvalue weighted by molar-refractivity contribution is -0.102. The van der Waals surface area contributed by atoms with Crippen LogP contribution in [0.15, 0.2) is 48.5 Å². The predicted octanol–water partition coefficient (Wildman–Crippen LogP) is 4.37. The van der Waals surface area contributed by atoms with Gasteiger partial charge in [-0.3, -0.25) is 4.90 Å². The molecular formula is C21H23F2NO. The predicted molar refractivity (Wildman–Crippen MR) is 92.9 cm³/mol. The van der Waals surface area contributed by atoms with E-state index in [4.69, 9.17) is 0 Å². The summed E-state index contributed by atoms with van der Waals surface area (Å²) in [6, 6.07) is 14.8. The fourth-order valence-corrected chi connectivity index (χ4v) is 4.66. The van der Waals surface area contributed by atoms with E-state index < -0.39 is 17.2 Å². The van der Waals surface area contributed by atoms with E-state index in [2.05, 4.69) is 17.0 Å². The van der Waals surface area contributed by atoms with Gasteiger partial charge in [0.25, 0.3) is 0 Å². The van der Waals surface area contributed by atoms with Crippen molar-refractivity contribution in [1.29, 1.82) is 0 Å². The van der Waals surface area contributed by atoms with E-state index in [-0.39, 0.29) is 17.6 Å². The number of nitrogens with zero attached hydrogens (tertiary/aromatic N) is 1. The Morgan fingerprint density at radius 3 is 2.32 bits per heavy atom. The normalized spacial score (nSPS) is 29.6. The number of aliphatic hydroxyl groups is 1. The summed E-state index contributed by atoms with van der Waals surface area (Å²) in [6.45, 7) is 0.845. The van der Waals surface area contributed by atoms with Gasteiger partial charge in [0.15, 0.2) is 11.6 Å². The molecule has 2 bridgehead atoms. The van der Waals surface area contributed by atoms with Crippen LogP contribution in [-0.2, 0) is 12.1 Å². The number of halogens is 2. The smallest absolute Gasteiger partial charge is 0.164 e. The van der Waals surface area contributed by atoms with Crippen molar-refractivity contribution >= 4 is 0 Å². The minimum atomic E-state index is -1.28. The maximum absolute atomic E-state index is 14.3. The van der Waals surface area contributed by atoms with E-state index in [1.807, 2.05) is 18.2 Å². The molecule has 132 valence electrons. The standard InChI is InChI=1S/C21H23F2NO/c22-19-11-5-10-18(20(19)23)21(25)12-16-8-4-9-17(13-21)24(16)14-15-6-2-1-3-7-15/h1-3,5-7,10-11,16-17,25H,4,8-9,12-14H2. The highest BCUT2D eigenvalue weighted by Gasteiger charge is 2.47. The molecule has 4 rings (SSSR count). The summed E-state index contributed by atoms with van der Waals surface area (Å²) in [6.07, 6.45) is 4.01. The average Bonchev–Trinajstić information content (AvgIpc) is 2.59. The molecule has 2 nitrogen and oxygen atoms in total. The molecular weight excluding hydrogens is 320 g/mol. The number of rotatable bonds is 3. The molecule has 25 heavy (non-hydrogen) atoms. The van der Waals surface area contributed by atoms with Gasteiger partial charge in [0, 0.05) is 24.2 Å². The van der Waals surface area contributed by atoms with Gasteiger partial charge in [-0.05, 0) is 37.3 Å². The first-order chi connectivity index (χ1) is 12.1. The van der Waals surface area contributed by atoms with Crippen LogP contribution in [0.1, 0.15) is 43.2 Å². The fraction of sp³-hybridized carbons (Fsp3) is 0.429. The van der Waals surface area contributed by atoms with Crippen LogP contribution in [0.25, 0.3) is 0 Å². The monoisotopic (exact) mass is 343 g/mol. The molecule has 4 heteroatoms. The first-order valence-electron chi connectivity index (χ1n) is 9.03. The Labute approximate surface area is 147 Å². The number of piperidine rings is 2. The van der Waals surface area contributed by atoms with Crippen molar-refractivity contribution in [2.45, 2.75) is 56.3 Å². The van der Waals surface area contributed by atoms with Crippen molar-refractivity contribution in [3.05, 3.63) is 71.3 Å². The molecule has 0 radical (unpaired) electrons. The van der Waals surface area contributed by atoms with Crippen molar-refractivity contribution in [3.8, 4) is 0 Å². The molecule has 1 N–H and O–H groups in total. The van der Waals surface area contributed by atoms with E-state index in [1.54, 1.807) is 0 Å². The van der Waals surface area contributed by atoms with Gasteiger partial charge in [-0.2, -0.15) is 0 Å². The van der Waals surface area contributed by atoms with Crippen LogP contribution in [0, 0.1) is 11.6 Å². The number of fused-ring (bicyclic) bond motifs is 2. The molecule has 2 aromatic rings. The zero-order valence-electron chi connectivity index (χ0n) is 14.2. The Hall–Kier alpha value is -1.78. The first-order valence-corrected chi connectivity index (χ1v) is 9.03. The van der Waals surface area contributed by atoms with Crippen LogP contribution in [-0.4, -0.2) is 22.1 Å². The lowest BCUT2D eigenvalue weighted by Crippen LogP contribution is -2.56.